The number of amides is 1. The van der Waals surface area contributed by atoms with E-state index in [1.54, 1.807) is 0 Å². The van der Waals surface area contributed by atoms with Crippen LogP contribution in [0.3, 0.4) is 0 Å². The molecule has 1 N–H and O–H groups in total. The highest BCUT2D eigenvalue weighted by molar-refractivity contribution is 6.30. The maximum Gasteiger partial charge on any atom is 0.220 e. The number of hydrogen-bond acceptors (Lipinski definition) is 1. The Morgan fingerprint density at radius 2 is 1.81 bits per heavy atom. The fourth-order valence-electron chi connectivity index (χ4n) is 3.33. The van der Waals surface area contributed by atoms with E-state index >= 15 is 0 Å². The number of carbonyl (C=O) groups excluding carboxylic acids is 1. The fourth-order valence-corrected chi connectivity index (χ4v) is 3.45. The van der Waals surface area contributed by atoms with Crippen LogP contribution in [0.2, 0.25) is 5.02 Å². The first-order valence-corrected chi connectivity index (χ1v) is 9.39. The van der Waals surface area contributed by atoms with Gasteiger partial charge in [0.25, 0.3) is 0 Å². The van der Waals surface area contributed by atoms with Crippen molar-refractivity contribution in [3.63, 3.8) is 0 Å². The predicted molar refractivity (Wildman–Crippen MR) is 109 cm³/mol. The lowest BCUT2D eigenvalue weighted by Crippen LogP contribution is -2.28. The van der Waals surface area contributed by atoms with Crippen molar-refractivity contribution in [2.75, 3.05) is 6.54 Å². The van der Waals surface area contributed by atoms with E-state index in [9.17, 15) is 4.79 Å². The highest BCUT2D eigenvalue weighted by Gasteiger charge is 2.22. The smallest absolute Gasteiger partial charge is 0.220 e. The Morgan fingerprint density at radius 3 is 2.50 bits per heavy atom. The predicted octanol–water partition coefficient (Wildman–Crippen LogP) is 5.13. The Labute approximate surface area is 160 Å². The number of benzene rings is 2. The second-order valence-electron chi connectivity index (χ2n) is 7.22. The number of aromatic nitrogens is 1. The third kappa shape index (κ3) is 4.10. The van der Waals surface area contributed by atoms with Gasteiger partial charge in [0.2, 0.25) is 5.91 Å². The lowest BCUT2D eigenvalue weighted by atomic mass is 9.88. The van der Waals surface area contributed by atoms with Crippen LogP contribution in [-0.2, 0) is 11.8 Å². The quantitative estimate of drug-likeness (QED) is 0.643. The lowest BCUT2D eigenvalue weighted by Gasteiger charge is -2.18. The summed E-state index contributed by atoms with van der Waals surface area (Å²) in [5, 5.41) is 4.94. The van der Waals surface area contributed by atoms with E-state index in [2.05, 4.69) is 42.1 Å². The Kier molecular flexibility index (Phi) is 5.67. The minimum Gasteiger partial charge on any atom is -0.356 e. The number of rotatable bonds is 6. The zero-order valence-corrected chi connectivity index (χ0v) is 16.3. The molecule has 2 aromatic carbocycles. The van der Waals surface area contributed by atoms with Gasteiger partial charge in [-0.05, 0) is 35.2 Å². The highest BCUT2D eigenvalue weighted by atomic mass is 35.5. The number of carbonyl (C=O) groups is 1. The molecule has 0 spiro atoms. The maximum absolute atomic E-state index is 12.6. The third-order valence-corrected chi connectivity index (χ3v) is 4.92. The van der Waals surface area contributed by atoms with Gasteiger partial charge in [-0.15, -0.1) is 0 Å². The summed E-state index contributed by atoms with van der Waals surface area (Å²) in [6, 6.07) is 16.1. The first-order valence-electron chi connectivity index (χ1n) is 9.02. The molecule has 0 aliphatic rings. The van der Waals surface area contributed by atoms with Gasteiger partial charge in [-0.2, -0.15) is 0 Å². The number of nitrogens with zero attached hydrogens (tertiary/aromatic N) is 1. The van der Waals surface area contributed by atoms with Gasteiger partial charge < -0.3 is 9.88 Å². The van der Waals surface area contributed by atoms with Gasteiger partial charge in [0.15, 0.2) is 0 Å². The molecule has 0 saturated carbocycles. The van der Waals surface area contributed by atoms with Gasteiger partial charge >= 0.3 is 0 Å². The summed E-state index contributed by atoms with van der Waals surface area (Å²) in [5.41, 5.74) is 3.44. The molecule has 1 aromatic heterocycles. The zero-order valence-electron chi connectivity index (χ0n) is 15.5. The molecule has 4 heteroatoms. The maximum atomic E-state index is 12.6. The molecule has 0 radical (unpaired) electrons. The number of halogens is 1. The summed E-state index contributed by atoms with van der Waals surface area (Å²) in [6.07, 6.45) is 2.56. The van der Waals surface area contributed by atoms with Crippen molar-refractivity contribution >= 4 is 28.4 Å². The van der Waals surface area contributed by atoms with Crippen LogP contribution in [0.15, 0.2) is 54.7 Å². The Morgan fingerprint density at radius 1 is 1.12 bits per heavy atom. The SMILES string of the molecule is CC(C)CNC(=O)C[C@@H](c1ccc(Cl)cc1)c1cn(C)c2ccccc12. The lowest BCUT2D eigenvalue weighted by molar-refractivity contribution is -0.121. The average Bonchev–Trinajstić information content (AvgIpc) is 2.96. The summed E-state index contributed by atoms with van der Waals surface area (Å²) < 4.78 is 2.12. The van der Waals surface area contributed by atoms with E-state index in [0.717, 1.165) is 5.56 Å². The van der Waals surface area contributed by atoms with Crippen LogP contribution in [0.1, 0.15) is 37.3 Å². The van der Waals surface area contributed by atoms with Gasteiger partial charge in [-0.3, -0.25) is 4.79 Å². The fraction of sp³-hybridized carbons (Fsp3) is 0.318. The minimum atomic E-state index is -0.00877. The van der Waals surface area contributed by atoms with Gasteiger partial charge in [0.1, 0.15) is 0 Å². The number of para-hydroxylation sites is 1. The summed E-state index contributed by atoms with van der Waals surface area (Å²) in [4.78, 5) is 12.6. The Bertz CT molecular complexity index is 896. The van der Waals surface area contributed by atoms with Crippen molar-refractivity contribution in [1.29, 1.82) is 0 Å². The average molecular weight is 369 g/mol. The van der Waals surface area contributed by atoms with E-state index < -0.39 is 0 Å². The minimum absolute atomic E-state index is 0.00877. The molecule has 3 nitrogen and oxygen atoms in total. The van der Waals surface area contributed by atoms with Crippen LogP contribution < -0.4 is 5.32 Å². The summed E-state index contributed by atoms with van der Waals surface area (Å²) >= 11 is 6.07. The van der Waals surface area contributed by atoms with E-state index in [1.165, 1.54) is 16.5 Å². The van der Waals surface area contributed by atoms with E-state index in [0.29, 0.717) is 23.9 Å². The molecule has 0 fully saturated rings. The van der Waals surface area contributed by atoms with Crippen LogP contribution in [-0.4, -0.2) is 17.0 Å². The van der Waals surface area contributed by atoms with Crippen molar-refractivity contribution < 1.29 is 4.79 Å². The van der Waals surface area contributed by atoms with Crippen molar-refractivity contribution in [3.8, 4) is 0 Å². The summed E-state index contributed by atoms with van der Waals surface area (Å²) in [6.45, 7) is 4.89. The standard InChI is InChI=1S/C22H25ClN2O/c1-15(2)13-24-22(26)12-19(16-8-10-17(23)11-9-16)20-14-25(3)21-7-5-4-6-18(20)21/h4-11,14-15,19H,12-13H2,1-3H3,(H,24,26)/t19-/m0/s1. The summed E-state index contributed by atoms with van der Waals surface area (Å²) in [7, 11) is 2.05. The highest BCUT2D eigenvalue weighted by Crippen LogP contribution is 2.34. The normalized spacial score (nSPS) is 12.5. The van der Waals surface area contributed by atoms with E-state index in [-0.39, 0.29) is 11.8 Å². The van der Waals surface area contributed by atoms with Crippen molar-refractivity contribution in [1.82, 2.24) is 9.88 Å². The molecule has 0 unspecified atom stereocenters. The number of nitrogens with one attached hydrogen (secondary N) is 1. The molecule has 26 heavy (non-hydrogen) atoms. The molecular formula is C22H25ClN2O. The topological polar surface area (TPSA) is 34.0 Å². The zero-order chi connectivity index (χ0) is 18.7. The van der Waals surface area contributed by atoms with Crippen molar-refractivity contribution in [2.45, 2.75) is 26.2 Å². The van der Waals surface area contributed by atoms with Gasteiger partial charge in [-0.1, -0.05) is 55.8 Å². The molecule has 3 rings (SSSR count). The van der Waals surface area contributed by atoms with Crippen molar-refractivity contribution in [2.24, 2.45) is 13.0 Å². The second kappa shape index (κ2) is 7.96. The number of fused-ring (bicyclic) bond motifs is 1. The largest absolute Gasteiger partial charge is 0.356 e. The molecule has 0 aliphatic heterocycles. The Balaban J connectivity index is 1.99. The van der Waals surface area contributed by atoms with E-state index in [4.69, 9.17) is 11.6 Å². The third-order valence-electron chi connectivity index (χ3n) is 4.67. The molecule has 1 amide bonds. The molecular weight excluding hydrogens is 344 g/mol. The first kappa shape index (κ1) is 18.5. The van der Waals surface area contributed by atoms with Gasteiger partial charge in [0, 0.05) is 48.1 Å². The van der Waals surface area contributed by atoms with Gasteiger partial charge in [-0.25, -0.2) is 0 Å². The number of hydrogen-bond donors (Lipinski definition) is 1. The molecule has 1 atom stereocenters. The molecule has 0 bridgehead atoms. The Hall–Kier alpha value is -2.26. The van der Waals surface area contributed by atoms with Gasteiger partial charge in [0.05, 0.1) is 0 Å². The van der Waals surface area contributed by atoms with E-state index in [1.807, 2.05) is 43.4 Å². The van der Waals surface area contributed by atoms with Crippen LogP contribution in [0.4, 0.5) is 0 Å². The molecule has 1 heterocycles. The number of aryl methyl sites for hydroxylation is 1. The van der Waals surface area contributed by atoms with Crippen LogP contribution in [0.25, 0.3) is 10.9 Å². The summed E-state index contributed by atoms with van der Waals surface area (Å²) in [5.74, 6) is 0.502. The van der Waals surface area contributed by atoms with Crippen LogP contribution >= 0.6 is 11.6 Å². The second-order valence-corrected chi connectivity index (χ2v) is 7.66. The molecule has 0 saturated heterocycles. The monoisotopic (exact) mass is 368 g/mol. The first-order chi connectivity index (χ1) is 12.5. The van der Waals surface area contributed by atoms with Crippen molar-refractivity contribution in [3.05, 3.63) is 70.9 Å². The van der Waals surface area contributed by atoms with Crippen LogP contribution in [0, 0.1) is 5.92 Å². The molecule has 0 aliphatic carbocycles. The molecule has 3 aromatic rings. The van der Waals surface area contributed by atoms with Crippen LogP contribution in [0.5, 0.6) is 0 Å². The molecule has 136 valence electrons.